The average Bonchev–Trinajstić information content (AvgIpc) is 0.878. The maximum atomic E-state index is 13.1. The summed E-state index contributed by atoms with van der Waals surface area (Å²) in [5, 5.41) is 9.07. The lowest BCUT2D eigenvalue weighted by molar-refractivity contribution is -0.165. The summed E-state index contributed by atoms with van der Waals surface area (Å²) in [6.07, 6.45) is -4.38. The summed E-state index contributed by atoms with van der Waals surface area (Å²) in [6.45, 7) is 18.1. The van der Waals surface area contributed by atoms with Crippen LogP contribution in [-0.4, -0.2) is 329 Å². The highest BCUT2D eigenvalue weighted by atomic mass is 35.5. The zero-order valence-corrected chi connectivity index (χ0v) is 64.3. The third-order valence-corrected chi connectivity index (χ3v) is 18.9. The van der Waals surface area contributed by atoms with E-state index in [1.165, 1.54) is 0 Å². The summed E-state index contributed by atoms with van der Waals surface area (Å²) in [6, 6.07) is 0. The highest BCUT2D eigenvalue weighted by Crippen LogP contribution is 2.42. The second kappa shape index (κ2) is 55.8. The van der Waals surface area contributed by atoms with Gasteiger partial charge in [0, 0.05) is 118 Å². The Morgan fingerprint density at radius 1 is 0.310 bits per heavy atom. The van der Waals surface area contributed by atoms with Crippen LogP contribution in [0.25, 0.3) is 0 Å². The predicted octanol–water partition coefficient (Wildman–Crippen LogP) is -2.00. The first kappa shape index (κ1) is 102. The summed E-state index contributed by atoms with van der Waals surface area (Å²) in [4.78, 5) is 179. The normalized spacial score (nSPS) is 13.1. The van der Waals surface area contributed by atoms with E-state index in [2.05, 4.69) is 39.6 Å². The molecule has 0 fully saturated rings. The molecule has 39 nitrogen and oxygen atoms in total. The zero-order valence-electron chi connectivity index (χ0n) is 59.0. The maximum Gasteiger partial charge on any atom is 0.339 e. The van der Waals surface area contributed by atoms with Crippen LogP contribution < -0.4 is 33.2 Å². The zero-order chi connectivity index (χ0) is 75.8. The van der Waals surface area contributed by atoms with Gasteiger partial charge in [0.1, 0.15) is 71.1 Å². The molecule has 0 radical (unpaired) electrons. The SMILES string of the molecule is CCC(COC(=O)CCNCCN)(COC(=O)CCNCCN)COC(=O)CCNCCN.CCN(CC)CCN(CC)CCC(=O)OCC(CC)(COC(=O)CCN(CC)CCN(CP(=O)(O)O)CP(=O)(O)O)COC(=O)CCN(CCN(CP(=O)(O)O)CP(=O)(O)O)CP(=O)(O)O.Cl. The summed E-state index contributed by atoms with van der Waals surface area (Å²) >= 11 is 0. The first-order valence-electron chi connectivity index (χ1n) is 32.9. The van der Waals surface area contributed by atoms with Crippen molar-refractivity contribution in [3.63, 3.8) is 0 Å². The Kier molecular flexibility index (Phi) is 56.6. The molecule has 0 aliphatic carbocycles. The number of nitrogens with two attached hydrogens (primary N) is 3. The van der Waals surface area contributed by atoms with Gasteiger partial charge in [0.2, 0.25) is 0 Å². The summed E-state index contributed by atoms with van der Waals surface area (Å²) in [7, 11) is -23.8. The van der Waals surface area contributed by atoms with Gasteiger partial charge in [0.25, 0.3) is 0 Å². The van der Waals surface area contributed by atoms with Gasteiger partial charge >= 0.3 is 73.8 Å². The lowest BCUT2D eigenvalue weighted by Gasteiger charge is -2.32. The number of carbonyl (C=O) groups excluding carboxylic acids is 6. The molecule has 0 rings (SSSR count). The van der Waals surface area contributed by atoms with E-state index in [9.17, 15) is 101 Å². The van der Waals surface area contributed by atoms with E-state index >= 15 is 0 Å². The van der Waals surface area contributed by atoms with Crippen molar-refractivity contribution in [2.75, 3.05) is 215 Å². The van der Waals surface area contributed by atoms with Crippen molar-refractivity contribution in [1.29, 1.82) is 0 Å². The van der Waals surface area contributed by atoms with Gasteiger partial charge in [-0.25, -0.2) is 0 Å². The van der Waals surface area contributed by atoms with Crippen molar-refractivity contribution in [3.05, 3.63) is 0 Å². The molecule has 594 valence electrons. The van der Waals surface area contributed by atoms with Crippen molar-refractivity contribution >= 4 is 86.2 Å². The molecule has 0 amide bonds. The lowest BCUT2D eigenvalue weighted by atomic mass is 9.88. The van der Waals surface area contributed by atoms with E-state index in [1.807, 2.05) is 13.8 Å². The molecule has 1 atom stereocenters. The van der Waals surface area contributed by atoms with E-state index in [1.54, 1.807) is 18.7 Å². The van der Waals surface area contributed by atoms with Gasteiger partial charge in [0.05, 0.1) is 49.4 Å². The molecule has 19 N–H and O–H groups in total. The van der Waals surface area contributed by atoms with Crippen LogP contribution in [0, 0.1) is 10.8 Å². The summed E-state index contributed by atoms with van der Waals surface area (Å²) in [5.74, 6) is -3.39. The number of rotatable bonds is 61. The summed E-state index contributed by atoms with van der Waals surface area (Å²) in [5.41, 5.74) is 14.1. The van der Waals surface area contributed by atoms with Crippen molar-refractivity contribution in [3.8, 4) is 0 Å². The monoisotopic (exact) mass is 1570 g/mol. The summed E-state index contributed by atoms with van der Waals surface area (Å²) < 4.78 is 91.2. The minimum atomic E-state index is -4.82. The second-order valence-electron chi connectivity index (χ2n) is 23.6. The topological polar surface area (TPSA) is 579 Å². The third-order valence-electron chi connectivity index (χ3n) is 15.0. The molecule has 0 saturated carbocycles. The maximum absolute atomic E-state index is 13.1. The number of likely N-dealkylation sites (N-methyl/N-ethyl adjacent to an activating group) is 3. The van der Waals surface area contributed by atoms with Gasteiger partial charge in [-0.15, -0.1) is 12.4 Å². The predicted molar refractivity (Wildman–Crippen MR) is 373 cm³/mol. The molecular weight excluding hydrogens is 1450 g/mol. The molecule has 0 aromatic rings. The van der Waals surface area contributed by atoms with E-state index in [4.69, 9.17) is 45.6 Å². The quantitative estimate of drug-likeness (QED) is 0.0136. The smallest absolute Gasteiger partial charge is 0.339 e. The molecule has 100 heavy (non-hydrogen) atoms. The second-order valence-corrected chi connectivity index (χ2v) is 31.7. The van der Waals surface area contributed by atoms with Crippen molar-refractivity contribution in [2.24, 2.45) is 28.0 Å². The van der Waals surface area contributed by atoms with E-state index in [-0.39, 0.29) is 110 Å². The highest BCUT2D eigenvalue weighted by molar-refractivity contribution is 7.53. The Morgan fingerprint density at radius 3 is 0.730 bits per heavy atom. The number of carbonyl (C=O) groups is 6. The number of hydrogen-bond acceptors (Lipinski definition) is 29. The van der Waals surface area contributed by atoms with E-state index < -0.39 is 142 Å². The van der Waals surface area contributed by atoms with Crippen LogP contribution in [0.2, 0.25) is 0 Å². The molecule has 1 unspecified atom stereocenters. The Labute approximate surface area is 594 Å². The largest absolute Gasteiger partial charge is 0.465 e. The van der Waals surface area contributed by atoms with Gasteiger partial charge < -0.3 is 125 Å². The van der Waals surface area contributed by atoms with Crippen LogP contribution in [0.15, 0.2) is 0 Å². The molecule has 0 heterocycles. The van der Waals surface area contributed by atoms with Gasteiger partial charge in [-0.2, -0.15) is 0 Å². The third kappa shape index (κ3) is 58.6. The van der Waals surface area contributed by atoms with Crippen molar-refractivity contribution < 1.29 is 129 Å². The fourth-order valence-corrected chi connectivity index (χ4v) is 13.0. The number of halogens is 1. The number of hydrogen-bond donors (Lipinski definition) is 16. The molecule has 0 saturated heterocycles. The van der Waals surface area contributed by atoms with Crippen LogP contribution in [0.5, 0.6) is 0 Å². The molecule has 0 aromatic heterocycles. The number of nitrogens with one attached hydrogen (secondary N) is 3. The Morgan fingerprint density at radius 2 is 0.510 bits per heavy atom. The average molecular weight is 1570 g/mol. The fourth-order valence-electron chi connectivity index (χ4n) is 8.87. The van der Waals surface area contributed by atoms with Gasteiger partial charge in [-0.1, -0.05) is 41.5 Å². The van der Waals surface area contributed by atoms with Crippen molar-refractivity contribution in [1.82, 2.24) is 45.3 Å². The van der Waals surface area contributed by atoms with Crippen LogP contribution in [-0.2, 0) is 80.0 Å². The van der Waals surface area contributed by atoms with Gasteiger partial charge in [-0.3, -0.25) is 66.3 Å². The van der Waals surface area contributed by atoms with Crippen LogP contribution in [0.3, 0.4) is 0 Å². The molecule has 0 aromatic carbocycles. The fraction of sp³-hybridized carbons (Fsp3) is 0.891. The highest BCUT2D eigenvalue weighted by Gasteiger charge is 2.37. The van der Waals surface area contributed by atoms with E-state index in [0.717, 1.165) is 40.9 Å². The molecular formula is C55H120ClN12O27P5. The lowest BCUT2D eigenvalue weighted by Crippen LogP contribution is -2.41. The minimum absolute atomic E-state index is 0. The molecule has 0 aliphatic heterocycles. The van der Waals surface area contributed by atoms with Gasteiger partial charge in [0.15, 0.2) is 0 Å². The van der Waals surface area contributed by atoms with Crippen molar-refractivity contribution in [2.45, 2.75) is 92.9 Å². The molecule has 0 bridgehead atoms. The molecule has 45 heteroatoms. The molecule has 0 aliphatic rings. The van der Waals surface area contributed by atoms with Crippen LogP contribution in [0.1, 0.15) is 92.9 Å². The Balaban J connectivity index is -0.00000232. The number of nitrogens with zero attached hydrogens (tertiary/aromatic N) is 6. The minimum Gasteiger partial charge on any atom is -0.465 e. The number of esters is 6. The Bertz CT molecular complexity index is 2400. The first-order chi connectivity index (χ1) is 46.2. The number of ether oxygens (including phenoxy) is 6. The first-order valence-corrected chi connectivity index (χ1v) is 41.9. The van der Waals surface area contributed by atoms with E-state index in [0.29, 0.717) is 85.0 Å². The molecule has 0 spiro atoms. The Hall–Kier alpha value is -2.62. The van der Waals surface area contributed by atoms with Crippen LogP contribution in [0.4, 0.5) is 0 Å². The van der Waals surface area contributed by atoms with Crippen LogP contribution >= 0.6 is 50.4 Å². The standard InChI is InChI=1S/C34H75N6O21P5.C21H44N6O6.ClH/c1-6-34(23-59-31(41)11-14-36(9-4)18-17-35(7-2)8-3,24-60-32(42)12-15-37(10-5)19-21-39(27-63(47,48)49)28-64(50,51)52)25-61-33(43)13-16-38(26-62(44,45)46)20-22-40(29-65(53,54)55)30-66(56,57)58;1-2-21(15-31-18(28)3-9-25-12-6-22,16-32-19(29)4-10-26-13-7-23)17-33-20(30)5-11-27-14-8-24;/h6-30H2,1-5H3,(H2,44,45,46)(H2,47,48,49)(H2,50,51,52)(H2,53,54,55)(H2,56,57,58);25-27H,2-17,22-24H2,1H3;1H. The van der Waals surface area contributed by atoms with Gasteiger partial charge in [-0.05, 0) is 39.0 Å².